The predicted molar refractivity (Wildman–Crippen MR) is 76.3 cm³/mol. The Morgan fingerprint density at radius 3 is 2.50 bits per heavy atom. The molecule has 1 aromatic rings. The second-order valence-corrected chi connectivity index (χ2v) is 7.04. The highest BCUT2D eigenvalue weighted by Crippen LogP contribution is 2.41. The molecule has 0 unspecified atom stereocenters. The van der Waals surface area contributed by atoms with Gasteiger partial charge in [0.25, 0.3) is 0 Å². The highest BCUT2D eigenvalue weighted by Gasteiger charge is 2.36. The second-order valence-electron chi connectivity index (χ2n) is 7.04. The number of rotatable bonds is 2. The van der Waals surface area contributed by atoms with E-state index in [0.29, 0.717) is 5.41 Å². The van der Waals surface area contributed by atoms with Crippen molar-refractivity contribution in [1.29, 1.82) is 0 Å². The zero-order valence-electron chi connectivity index (χ0n) is 11.9. The van der Waals surface area contributed by atoms with Crippen LogP contribution in [0.5, 0.6) is 0 Å². The van der Waals surface area contributed by atoms with Gasteiger partial charge in [-0.15, -0.1) is 0 Å². The van der Waals surface area contributed by atoms with Gasteiger partial charge in [0.1, 0.15) is 0 Å². The van der Waals surface area contributed by atoms with Crippen molar-refractivity contribution in [3.63, 3.8) is 0 Å². The fourth-order valence-corrected chi connectivity index (χ4v) is 3.14. The van der Waals surface area contributed by atoms with E-state index >= 15 is 0 Å². The van der Waals surface area contributed by atoms with Crippen molar-refractivity contribution in [2.75, 3.05) is 0 Å². The average Bonchev–Trinajstić information content (AvgIpc) is 2.29. The lowest BCUT2D eigenvalue weighted by molar-refractivity contribution is 0.134. The summed E-state index contributed by atoms with van der Waals surface area (Å²) in [6.45, 7) is 7.05. The highest BCUT2D eigenvalue weighted by molar-refractivity contribution is 5.13. The van der Waals surface area contributed by atoms with Crippen LogP contribution >= 0.6 is 0 Å². The molecule has 100 valence electrons. The number of hydrogen-bond donors (Lipinski definition) is 1. The van der Waals surface area contributed by atoms with E-state index in [9.17, 15) is 0 Å². The molecule has 2 nitrogen and oxygen atoms in total. The third-order valence-corrected chi connectivity index (χ3v) is 4.49. The van der Waals surface area contributed by atoms with Crippen LogP contribution in [0, 0.1) is 11.3 Å². The molecule has 0 atom stereocenters. The summed E-state index contributed by atoms with van der Waals surface area (Å²) >= 11 is 0. The molecule has 2 N–H and O–H groups in total. The Kier molecular flexibility index (Phi) is 3.76. The summed E-state index contributed by atoms with van der Waals surface area (Å²) in [7, 11) is 0. The lowest BCUT2D eigenvalue weighted by Crippen LogP contribution is -2.46. The molecule has 0 radical (unpaired) electrons. The third-order valence-electron chi connectivity index (χ3n) is 4.49. The van der Waals surface area contributed by atoms with Gasteiger partial charge in [-0.2, -0.15) is 0 Å². The largest absolute Gasteiger partial charge is 0.325 e. The summed E-state index contributed by atoms with van der Waals surface area (Å²) in [5.41, 5.74) is 8.26. The Labute approximate surface area is 111 Å². The van der Waals surface area contributed by atoms with Crippen LogP contribution in [0.25, 0.3) is 0 Å². The Balaban J connectivity index is 1.95. The summed E-state index contributed by atoms with van der Waals surface area (Å²) in [5.74, 6) is 0.822. The molecule has 1 aliphatic rings. The third kappa shape index (κ3) is 3.32. The topological polar surface area (TPSA) is 38.9 Å². The number of nitrogens with two attached hydrogens (primary N) is 1. The molecular formula is C16H26N2. The lowest BCUT2D eigenvalue weighted by atomic mass is 9.66. The normalized spacial score (nSPS) is 29.2. The summed E-state index contributed by atoms with van der Waals surface area (Å²) in [5, 5.41) is 0. The van der Waals surface area contributed by atoms with Crippen molar-refractivity contribution in [2.45, 2.75) is 58.4 Å². The van der Waals surface area contributed by atoms with Crippen LogP contribution < -0.4 is 5.73 Å². The number of aromatic nitrogens is 1. The molecule has 0 amide bonds. The van der Waals surface area contributed by atoms with Crippen LogP contribution in [0.1, 0.15) is 52.0 Å². The van der Waals surface area contributed by atoms with Gasteiger partial charge < -0.3 is 5.73 Å². The van der Waals surface area contributed by atoms with Gasteiger partial charge in [0, 0.05) is 17.9 Å². The van der Waals surface area contributed by atoms with Crippen molar-refractivity contribution in [2.24, 2.45) is 17.1 Å². The standard InChI is InChI=1S/C16H26N2/c1-15(2,3)14-6-8-16(17,9-7-14)11-13-5-4-10-18-12-13/h4-5,10,12,14H,6-9,11,17H2,1-3H3. The van der Waals surface area contributed by atoms with Crippen molar-refractivity contribution in [1.82, 2.24) is 4.98 Å². The maximum absolute atomic E-state index is 6.57. The van der Waals surface area contributed by atoms with Gasteiger partial charge in [0.05, 0.1) is 0 Å². The van der Waals surface area contributed by atoms with Crippen molar-refractivity contribution < 1.29 is 0 Å². The monoisotopic (exact) mass is 246 g/mol. The molecule has 1 saturated carbocycles. The highest BCUT2D eigenvalue weighted by atomic mass is 14.7. The van der Waals surface area contributed by atoms with Crippen molar-refractivity contribution in [3.8, 4) is 0 Å². The second kappa shape index (κ2) is 5.00. The molecule has 0 aliphatic heterocycles. The molecule has 1 aromatic heterocycles. The quantitative estimate of drug-likeness (QED) is 0.866. The summed E-state index contributed by atoms with van der Waals surface area (Å²) in [6.07, 6.45) is 9.56. The van der Waals surface area contributed by atoms with Gasteiger partial charge in [0.15, 0.2) is 0 Å². The van der Waals surface area contributed by atoms with E-state index in [1.54, 1.807) is 0 Å². The minimum Gasteiger partial charge on any atom is -0.325 e. The molecule has 0 spiro atoms. The van der Waals surface area contributed by atoms with Gasteiger partial charge in [0.2, 0.25) is 0 Å². The van der Waals surface area contributed by atoms with Crippen LogP contribution in [0.15, 0.2) is 24.5 Å². The van der Waals surface area contributed by atoms with Crippen LogP contribution in [0.4, 0.5) is 0 Å². The van der Waals surface area contributed by atoms with E-state index in [0.717, 1.165) is 25.2 Å². The average molecular weight is 246 g/mol. The van der Waals surface area contributed by atoms with Crippen molar-refractivity contribution >= 4 is 0 Å². The first-order valence-electron chi connectivity index (χ1n) is 7.07. The Morgan fingerprint density at radius 1 is 1.33 bits per heavy atom. The zero-order valence-corrected chi connectivity index (χ0v) is 11.9. The maximum atomic E-state index is 6.57. The molecule has 0 bridgehead atoms. The van der Waals surface area contributed by atoms with Crippen LogP contribution in [-0.2, 0) is 6.42 Å². The fraction of sp³-hybridized carbons (Fsp3) is 0.688. The van der Waals surface area contributed by atoms with E-state index in [-0.39, 0.29) is 5.54 Å². The predicted octanol–water partition coefficient (Wildman–Crippen LogP) is 3.56. The van der Waals surface area contributed by atoms with Gasteiger partial charge in [-0.05, 0) is 55.1 Å². The number of nitrogens with zero attached hydrogens (tertiary/aromatic N) is 1. The van der Waals surface area contributed by atoms with Crippen LogP contribution in [0.3, 0.4) is 0 Å². The molecule has 2 heteroatoms. The molecular weight excluding hydrogens is 220 g/mol. The maximum Gasteiger partial charge on any atom is 0.0300 e. The lowest BCUT2D eigenvalue weighted by Gasteiger charge is -2.42. The van der Waals surface area contributed by atoms with Gasteiger partial charge in [-0.3, -0.25) is 4.98 Å². The van der Waals surface area contributed by atoms with Crippen molar-refractivity contribution in [3.05, 3.63) is 30.1 Å². The zero-order chi connectivity index (χ0) is 13.2. The Hall–Kier alpha value is -0.890. The van der Waals surface area contributed by atoms with E-state index < -0.39 is 0 Å². The SMILES string of the molecule is CC(C)(C)C1CCC(N)(Cc2cccnc2)CC1. The molecule has 1 heterocycles. The van der Waals surface area contributed by atoms with Crippen LogP contribution in [0.2, 0.25) is 0 Å². The Bertz CT molecular complexity index is 370. The molecule has 1 fully saturated rings. The van der Waals surface area contributed by atoms with E-state index in [1.165, 1.54) is 18.4 Å². The molecule has 0 aromatic carbocycles. The molecule has 0 saturated heterocycles. The van der Waals surface area contributed by atoms with Gasteiger partial charge >= 0.3 is 0 Å². The minimum atomic E-state index is -0.00914. The van der Waals surface area contributed by atoms with Gasteiger partial charge in [-0.1, -0.05) is 26.8 Å². The summed E-state index contributed by atoms with van der Waals surface area (Å²) in [4.78, 5) is 4.18. The number of pyridine rings is 1. The van der Waals surface area contributed by atoms with E-state index in [1.807, 2.05) is 18.5 Å². The smallest absolute Gasteiger partial charge is 0.0300 e. The first-order valence-corrected chi connectivity index (χ1v) is 7.07. The summed E-state index contributed by atoms with van der Waals surface area (Å²) in [6, 6.07) is 4.14. The minimum absolute atomic E-state index is 0.00914. The van der Waals surface area contributed by atoms with Gasteiger partial charge in [-0.25, -0.2) is 0 Å². The molecule has 18 heavy (non-hydrogen) atoms. The summed E-state index contributed by atoms with van der Waals surface area (Å²) < 4.78 is 0. The first kappa shape index (κ1) is 13.5. The van der Waals surface area contributed by atoms with Crippen LogP contribution in [-0.4, -0.2) is 10.5 Å². The first-order chi connectivity index (χ1) is 8.39. The fourth-order valence-electron chi connectivity index (χ4n) is 3.14. The molecule has 1 aliphatic carbocycles. The Morgan fingerprint density at radius 2 is 2.00 bits per heavy atom. The molecule has 2 rings (SSSR count). The number of hydrogen-bond acceptors (Lipinski definition) is 2. The van der Waals surface area contributed by atoms with E-state index in [2.05, 4.69) is 31.8 Å². The van der Waals surface area contributed by atoms with E-state index in [4.69, 9.17) is 5.73 Å².